The summed E-state index contributed by atoms with van der Waals surface area (Å²) in [6.07, 6.45) is 1.50. The molecule has 0 aliphatic heterocycles. The minimum absolute atomic E-state index is 0.0292. The molecule has 0 radical (unpaired) electrons. The molecule has 0 aliphatic carbocycles. The van der Waals surface area contributed by atoms with Gasteiger partial charge in [0.05, 0.1) is 30.4 Å². The summed E-state index contributed by atoms with van der Waals surface area (Å²) in [7, 11) is -2.58. The number of methoxy groups -OCH3 is 1. The van der Waals surface area contributed by atoms with Crippen molar-refractivity contribution in [2.45, 2.75) is 11.3 Å². The third kappa shape index (κ3) is 5.02. The first-order valence-electron chi connectivity index (χ1n) is 11.6. The molecule has 0 saturated heterocycles. The van der Waals surface area contributed by atoms with E-state index in [0.717, 1.165) is 16.2 Å². The SMILES string of the molecule is COc1ccccc1NS(=O)(=O)c1cccc(C(=O)NNC(=O)Cc2coc3ccc4ccccc4c23)c1. The molecule has 0 saturated carbocycles. The predicted octanol–water partition coefficient (Wildman–Crippen LogP) is 4.40. The van der Waals surface area contributed by atoms with Crippen molar-refractivity contribution in [3.8, 4) is 5.75 Å². The molecular formula is C28H23N3O6S. The second-order valence-electron chi connectivity index (χ2n) is 8.43. The Morgan fingerprint density at radius 2 is 1.68 bits per heavy atom. The number of hydrogen-bond acceptors (Lipinski definition) is 6. The number of carbonyl (C=O) groups excluding carboxylic acids is 2. The number of fused-ring (bicyclic) bond motifs is 3. The summed E-state index contributed by atoms with van der Waals surface area (Å²) >= 11 is 0. The van der Waals surface area contributed by atoms with Crippen LogP contribution in [0.15, 0.2) is 101 Å². The molecule has 0 aliphatic rings. The molecule has 192 valence electrons. The lowest BCUT2D eigenvalue weighted by Gasteiger charge is -2.12. The lowest BCUT2D eigenvalue weighted by Crippen LogP contribution is -2.42. The summed E-state index contributed by atoms with van der Waals surface area (Å²) in [6.45, 7) is 0. The van der Waals surface area contributed by atoms with Gasteiger partial charge < -0.3 is 9.15 Å². The van der Waals surface area contributed by atoms with E-state index in [2.05, 4.69) is 15.6 Å². The molecule has 0 bridgehead atoms. The van der Waals surface area contributed by atoms with Crippen LogP contribution in [-0.2, 0) is 21.2 Å². The van der Waals surface area contributed by atoms with Crippen molar-refractivity contribution < 1.29 is 27.2 Å². The highest BCUT2D eigenvalue weighted by molar-refractivity contribution is 7.92. The molecule has 0 fully saturated rings. The largest absolute Gasteiger partial charge is 0.495 e. The van der Waals surface area contributed by atoms with Crippen molar-refractivity contribution in [2.75, 3.05) is 11.8 Å². The predicted molar refractivity (Wildman–Crippen MR) is 143 cm³/mol. The van der Waals surface area contributed by atoms with E-state index in [-0.39, 0.29) is 22.6 Å². The maximum Gasteiger partial charge on any atom is 0.269 e. The van der Waals surface area contributed by atoms with Crippen molar-refractivity contribution in [2.24, 2.45) is 0 Å². The van der Waals surface area contributed by atoms with Crippen LogP contribution in [0.2, 0.25) is 0 Å². The molecular weight excluding hydrogens is 506 g/mol. The number of carbonyl (C=O) groups is 2. The first kappa shape index (κ1) is 24.8. The van der Waals surface area contributed by atoms with Gasteiger partial charge in [-0.25, -0.2) is 8.42 Å². The Bertz CT molecular complexity index is 1780. The lowest BCUT2D eigenvalue weighted by atomic mass is 10.0. The third-order valence-corrected chi connectivity index (χ3v) is 7.33. The number of nitrogens with one attached hydrogen (secondary N) is 3. The molecule has 0 spiro atoms. The van der Waals surface area contributed by atoms with Crippen molar-refractivity contribution in [3.63, 3.8) is 0 Å². The number of hydrogen-bond donors (Lipinski definition) is 3. The highest BCUT2D eigenvalue weighted by Crippen LogP contribution is 2.30. The second-order valence-corrected chi connectivity index (χ2v) is 10.1. The standard InChI is InChI=1S/C28H23N3O6S/c1-36-24-12-5-4-11-23(24)31-38(34,35)21-9-6-8-19(15-21)28(33)30-29-26(32)16-20-17-37-25-14-13-18-7-2-3-10-22(18)27(20)25/h2-15,17,31H,16H2,1H3,(H,29,32)(H,30,33). The fourth-order valence-corrected chi connectivity index (χ4v) is 5.27. The Morgan fingerprint density at radius 3 is 2.53 bits per heavy atom. The number of para-hydroxylation sites is 2. The molecule has 2 amide bonds. The monoisotopic (exact) mass is 529 g/mol. The summed E-state index contributed by atoms with van der Waals surface area (Å²) in [5.41, 5.74) is 6.37. The van der Waals surface area contributed by atoms with Gasteiger partial charge in [0.15, 0.2) is 0 Å². The molecule has 10 heteroatoms. The number of hydrazine groups is 1. The zero-order chi connectivity index (χ0) is 26.7. The summed E-state index contributed by atoms with van der Waals surface area (Å²) < 4.78 is 39.1. The second kappa shape index (κ2) is 10.3. The van der Waals surface area contributed by atoms with Crippen LogP contribution in [0.5, 0.6) is 5.75 Å². The summed E-state index contributed by atoms with van der Waals surface area (Å²) in [5, 5.41) is 2.82. The molecule has 1 aromatic heterocycles. The van der Waals surface area contributed by atoms with Crippen LogP contribution in [0.25, 0.3) is 21.7 Å². The van der Waals surface area contributed by atoms with E-state index in [4.69, 9.17) is 9.15 Å². The molecule has 9 nitrogen and oxygen atoms in total. The minimum Gasteiger partial charge on any atom is -0.495 e. The number of benzene rings is 4. The average molecular weight is 530 g/mol. The minimum atomic E-state index is -4.01. The van der Waals surface area contributed by atoms with Crippen molar-refractivity contribution in [1.82, 2.24) is 10.9 Å². The first-order valence-corrected chi connectivity index (χ1v) is 13.1. The fraction of sp³-hybridized carbons (Fsp3) is 0.0714. The van der Waals surface area contributed by atoms with E-state index in [9.17, 15) is 18.0 Å². The molecule has 0 atom stereocenters. The Labute approximate surface area is 218 Å². The molecule has 5 rings (SSSR count). The van der Waals surface area contributed by atoms with E-state index in [1.807, 2.05) is 36.4 Å². The van der Waals surface area contributed by atoms with Crippen LogP contribution in [0.1, 0.15) is 15.9 Å². The number of ether oxygens (including phenoxy) is 1. The summed E-state index contributed by atoms with van der Waals surface area (Å²) in [5.74, 6) is -0.781. The highest BCUT2D eigenvalue weighted by Gasteiger charge is 2.19. The highest BCUT2D eigenvalue weighted by atomic mass is 32.2. The topological polar surface area (TPSA) is 127 Å². The Kier molecular flexibility index (Phi) is 6.71. The smallest absolute Gasteiger partial charge is 0.269 e. The molecule has 5 aromatic rings. The number of amides is 2. The van der Waals surface area contributed by atoms with Gasteiger partial charge in [0.25, 0.3) is 15.9 Å². The van der Waals surface area contributed by atoms with E-state index < -0.39 is 21.8 Å². The van der Waals surface area contributed by atoms with Gasteiger partial charge in [0, 0.05) is 16.5 Å². The summed E-state index contributed by atoms with van der Waals surface area (Å²) in [6, 6.07) is 23.6. The van der Waals surface area contributed by atoms with Crippen LogP contribution in [0.4, 0.5) is 5.69 Å². The Hall–Kier alpha value is -4.83. The van der Waals surface area contributed by atoms with Crippen LogP contribution in [-0.4, -0.2) is 27.3 Å². The third-order valence-electron chi connectivity index (χ3n) is 5.96. The zero-order valence-electron chi connectivity index (χ0n) is 20.2. The van der Waals surface area contributed by atoms with Gasteiger partial charge in [-0.15, -0.1) is 0 Å². The van der Waals surface area contributed by atoms with E-state index in [0.29, 0.717) is 16.9 Å². The van der Waals surface area contributed by atoms with Crippen molar-refractivity contribution >= 4 is 49.3 Å². The van der Waals surface area contributed by atoms with Gasteiger partial charge in [-0.05, 0) is 47.2 Å². The van der Waals surface area contributed by atoms with Crippen molar-refractivity contribution in [3.05, 3.63) is 102 Å². The van der Waals surface area contributed by atoms with E-state index in [1.54, 1.807) is 24.3 Å². The zero-order valence-corrected chi connectivity index (χ0v) is 21.0. The quantitative estimate of drug-likeness (QED) is 0.268. The molecule has 38 heavy (non-hydrogen) atoms. The first-order chi connectivity index (χ1) is 18.4. The van der Waals surface area contributed by atoms with Crippen LogP contribution in [0.3, 0.4) is 0 Å². The van der Waals surface area contributed by atoms with Gasteiger partial charge in [-0.3, -0.25) is 25.2 Å². The summed E-state index contributed by atoms with van der Waals surface area (Å²) in [4.78, 5) is 25.2. The average Bonchev–Trinajstić information content (AvgIpc) is 3.35. The van der Waals surface area contributed by atoms with Crippen LogP contribution in [0, 0.1) is 0 Å². The molecule has 4 aromatic carbocycles. The van der Waals surface area contributed by atoms with Gasteiger partial charge in [-0.1, -0.05) is 48.5 Å². The lowest BCUT2D eigenvalue weighted by molar-refractivity contribution is -0.121. The van der Waals surface area contributed by atoms with Gasteiger partial charge >= 0.3 is 0 Å². The van der Waals surface area contributed by atoms with Crippen LogP contribution < -0.4 is 20.3 Å². The number of rotatable bonds is 7. The molecule has 3 N–H and O–H groups in total. The van der Waals surface area contributed by atoms with Gasteiger partial charge in [0.2, 0.25) is 5.91 Å². The maximum absolute atomic E-state index is 12.9. The molecule has 0 unspecified atom stereocenters. The number of sulfonamides is 1. The van der Waals surface area contributed by atoms with E-state index >= 15 is 0 Å². The van der Waals surface area contributed by atoms with E-state index in [1.165, 1.54) is 37.6 Å². The number of anilines is 1. The fourth-order valence-electron chi connectivity index (χ4n) is 4.16. The Morgan fingerprint density at radius 1 is 0.895 bits per heavy atom. The Balaban J connectivity index is 1.27. The van der Waals surface area contributed by atoms with Gasteiger partial charge in [0.1, 0.15) is 11.3 Å². The molecule has 1 heterocycles. The number of furan rings is 1. The van der Waals surface area contributed by atoms with Crippen molar-refractivity contribution in [1.29, 1.82) is 0 Å². The maximum atomic E-state index is 12.9. The van der Waals surface area contributed by atoms with Gasteiger partial charge in [-0.2, -0.15) is 0 Å². The normalized spacial score (nSPS) is 11.3. The van der Waals surface area contributed by atoms with Crippen LogP contribution >= 0.6 is 0 Å².